The standard InChI is InChI=1S/C20H25ClN4O3S/c1-4-25(19-15(3)22-9-10-23-19)20(26)16-7-8-17(21)18(12-16)29(27,28)24-11-5-6-14(2)13-24/h7-10,12,14H,4-6,11,13H2,1-3H3/t14-/m1/s1. The monoisotopic (exact) mass is 436 g/mol. The first-order valence-corrected chi connectivity index (χ1v) is 11.5. The Hall–Kier alpha value is -2.03. The Morgan fingerprint density at radius 2 is 2.03 bits per heavy atom. The Morgan fingerprint density at radius 1 is 1.31 bits per heavy atom. The fourth-order valence-electron chi connectivity index (χ4n) is 3.55. The summed E-state index contributed by atoms with van der Waals surface area (Å²) in [6, 6.07) is 4.37. The summed E-state index contributed by atoms with van der Waals surface area (Å²) in [7, 11) is -3.78. The highest BCUT2D eigenvalue weighted by Gasteiger charge is 2.31. The van der Waals surface area contributed by atoms with Gasteiger partial charge in [0.25, 0.3) is 5.91 Å². The molecule has 0 N–H and O–H groups in total. The molecular formula is C20H25ClN4O3S. The number of carbonyl (C=O) groups is 1. The van der Waals surface area contributed by atoms with Crippen molar-refractivity contribution in [2.75, 3.05) is 24.5 Å². The molecular weight excluding hydrogens is 412 g/mol. The van der Waals surface area contributed by atoms with Gasteiger partial charge < -0.3 is 0 Å². The smallest absolute Gasteiger partial charge is 0.259 e. The summed E-state index contributed by atoms with van der Waals surface area (Å²) in [5.41, 5.74) is 0.858. The molecule has 156 valence electrons. The SMILES string of the molecule is CCN(C(=O)c1ccc(Cl)c(S(=O)(=O)N2CCC[C@@H](C)C2)c1)c1nccnc1C. The van der Waals surface area contributed by atoms with Gasteiger partial charge in [-0.1, -0.05) is 18.5 Å². The van der Waals surface area contributed by atoms with Crippen molar-refractivity contribution in [3.63, 3.8) is 0 Å². The topological polar surface area (TPSA) is 83.5 Å². The molecule has 1 fully saturated rings. The number of nitrogens with zero attached hydrogens (tertiary/aromatic N) is 4. The van der Waals surface area contributed by atoms with Crippen LogP contribution < -0.4 is 4.90 Å². The van der Waals surface area contributed by atoms with Crippen molar-refractivity contribution in [3.8, 4) is 0 Å². The number of rotatable bonds is 5. The average Bonchev–Trinajstić information content (AvgIpc) is 2.70. The molecule has 2 aromatic rings. The number of anilines is 1. The minimum atomic E-state index is -3.78. The molecule has 0 saturated carbocycles. The fourth-order valence-corrected chi connectivity index (χ4v) is 5.65. The normalized spacial score (nSPS) is 17.9. The second-order valence-electron chi connectivity index (χ2n) is 7.27. The number of aromatic nitrogens is 2. The number of amides is 1. The maximum Gasteiger partial charge on any atom is 0.259 e. The minimum Gasteiger partial charge on any atom is -0.291 e. The van der Waals surface area contributed by atoms with E-state index in [1.807, 2.05) is 13.8 Å². The number of benzene rings is 1. The van der Waals surface area contributed by atoms with Gasteiger partial charge in [0.1, 0.15) is 4.90 Å². The summed E-state index contributed by atoms with van der Waals surface area (Å²) >= 11 is 6.24. The van der Waals surface area contributed by atoms with Gasteiger partial charge in [-0.15, -0.1) is 0 Å². The third kappa shape index (κ3) is 4.44. The van der Waals surface area contributed by atoms with Crippen molar-refractivity contribution >= 4 is 33.3 Å². The Morgan fingerprint density at radius 3 is 2.69 bits per heavy atom. The first-order chi connectivity index (χ1) is 13.8. The van der Waals surface area contributed by atoms with Gasteiger partial charge in [-0.2, -0.15) is 4.31 Å². The van der Waals surface area contributed by atoms with E-state index in [0.29, 0.717) is 31.1 Å². The number of aryl methyl sites for hydroxylation is 1. The highest BCUT2D eigenvalue weighted by Crippen LogP contribution is 2.30. The second-order valence-corrected chi connectivity index (χ2v) is 9.58. The van der Waals surface area contributed by atoms with Crippen LogP contribution in [0.3, 0.4) is 0 Å². The van der Waals surface area contributed by atoms with Gasteiger partial charge in [0, 0.05) is 37.6 Å². The van der Waals surface area contributed by atoms with Crippen LogP contribution in [0.1, 0.15) is 42.7 Å². The molecule has 1 aromatic heterocycles. The first kappa shape index (κ1) is 21.7. The van der Waals surface area contributed by atoms with Crippen molar-refractivity contribution in [2.24, 2.45) is 5.92 Å². The number of sulfonamides is 1. The highest BCUT2D eigenvalue weighted by atomic mass is 35.5. The quantitative estimate of drug-likeness (QED) is 0.715. The Bertz CT molecular complexity index is 1010. The molecule has 7 nitrogen and oxygen atoms in total. The molecule has 1 aliphatic rings. The third-order valence-corrected chi connectivity index (χ3v) is 7.43. The zero-order valence-corrected chi connectivity index (χ0v) is 18.4. The number of hydrogen-bond acceptors (Lipinski definition) is 5. The van der Waals surface area contributed by atoms with Crippen LogP contribution in [0.4, 0.5) is 5.82 Å². The lowest BCUT2D eigenvalue weighted by Crippen LogP contribution is -2.39. The van der Waals surface area contributed by atoms with Crippen molar-refractivity contribution in [1.82, 2.24) is 14.3 Å². The lowest BCUT2D eigenvalue weighted by atomic mass is 10.0. The van der Waals surface area contributed by atoms with E-state index in [4.69, 9.17) is 11.6 Å². The van der Waals surface area contributed by atoms with E-state index in [9.17, 15) is 13.2 Å². The number of halogens is 1. The minimum absolute atomic E-state index is 0.0361. The molecule has 29 heavy (non-hydrogen) atoms. The molecule has 0 spiro atoms. The molecule has 2 heterocycles. The van der Waals surface area contributed by atoms with Crippen molar-refractivity contribution in [2.45, 2.75) is 38.5 Å². The number of hydrogen-bond donors (Lipinski definition) is 0. The third-order valence-electron chi connectivity index (χ3n) is 5.09. The summed E-state index contributed by atoms with van der Waals surface area (Å²) in [4.78, 5) is 23.0. The molecule has 0 aliphatic carbocycles. The van der Waals surface area contributed by atoms with Crippen LogP contribution in [-0.4, -0.2) is 48.2 Å². The van der Waals surface area contributed by atoms with Crippen LogP contribution in [0.5, 0.6) is 0 Å². The summed E-state index contributed by atoms with van der Waals surface area (Å²) < 4.78 is 27.8. The fraction of sp³-hybridized carbons (Fsp3) is 0.450. The van der Waals surface area contributed by atoms with E-state index in [1.54, 1.807) is 13.1 Å². The highest BCUT2D eigenvalue weighted by molar-refractivity contribution is 7.89. The predicted octanol–water partition coefficient (Wildman–Crippen LogP) is 3.53. The van der Waals surface area contributed by atoms with Crippen LogP contribution in [0.25, 0.3) is 0 Å². The van der Waals surface area contributed by atoms with Gasteiger partial charge in [-0.05, 0) is 50.8 Å². The van der Waals surface area contributed by atoms with Crippen LogP contribution in [-0.2, 0) is 10.0 Å². The lowest BCUT2D eigenvalue weighted by Gasteiger charge is -2.30. The molecule has 0 radical (unpaired) electrons. The van der Waals surface area contributed by atoms with Gasteiger partial charge in [-0.3, -0.25) is 14.7 Å². The Balaban J connectivity index is 1.98. The average molecular weight is 437 g/mol. The van der Waals surface area contributed by atoms with E-state index in [-0.39, 0.29) is 27.3 Å². The summed E-state index contributed by atoms with van der Waals surface area (Å²) in [5.74, 6) is 0.387. The van der Waals surface area contributed by atoms with Crippen molar-refractivity contribution in [1.29, 1.82) is 0 Å². The predicted molar refractivity (Wildman–Crippen MR) is 113 cm³/mol. The largest absolute Gasteiger partial charge is 0.291 e. The molecule has 0 unspecified atom stereocenters. The maximum absolute atomic E-state index is 13.2. The van der Waals surface area contributed by atoms with Crippen LogP contribution in [0.15, 0.2) is 35.5 Å². The van der Waals surface area contributed by atoms with Gasteiger partial charge >= 0.3 is 0 Å². The molecule has 3 rings (SSSR count). The van der Waals surface area contributed by atoms with Crippen molar-refractivity contribution in [3.05, 3.63) is 46.9 Å². The molecule has 1 aromatic carbocycles. The summed E-state index contributed by atoms with van der Waals surface area (Å²) in [6.07, 6.45) is 4.89. The van der Waals surface area contributed by atoms with E-state index < -0.39 is 10.0 Å². The van der Waals surface area contributed by atoms with Gasteiger partial charge in [-0.25, -0.2) is 13.4 Å². The number of carbonyl (C=O) groups excluding carboxylic acids is 1. The van der Waals surface area contributed by atoms with Gasteiger partial charge in [0.2, 0.25) is 10.0 Å². The molecule has 1 atom stereocenters. The molecule has 1 amide bonds. The van der Waals surface area contributed by atoms with Crippen LogP contribution in [0.2, 0.25) is 5.02 Å². The zero-order chi connectivity index (χ0) is 21.2. The van der Waals surface area contributed by atoms with Crippen molar-refractivity contribution < 1.29 is 13.2 Å². The lowest BCUT2D eigenvalue weighted by molar-refractivity contribution is 0.0987. The molecule has 1 aliphatic heterocycles. The molecule has 1 saturated heterocycles. The Labute approximate surface area is 176 Å². The summed E-state index contributed by atoms with van der Waals surface area (Å²) in [6.45, 7) is 6.92. The first-order valence-electron chi connectivity index (χ1n) is 9.64. The summed E-state index contributed by atoms with van der Waals surface area (Å²) in [5, 5.41) is 0.110. The van der Waals surface area contributed by atoms with E-state index in [0.717, 1.165) is 12.8 Å². The zero-order valence-electron chi connectivity index (χ0n) is 16.8. The van der Waals surface area contributed by atoms with Crippen LogP contribution >= 0.6 is 11.6 Å². The second kappa shape index (κ2) is 8.77. The van der Waals surface area contributed by atoms with E-state index in [2.05, 4.69) is 9.97 Å². The maximum atomic E-state index is 13.2. The van der Waals surface area contributed by atoms with Gasteiger partial charge in [0.15, 0.2) is 5.82 Å². The Kier molecular flexibility index (Phi) is 6.55. The molecule has 9 heteroatoms. The molecule has 0 bridgehead atoms. The van der Waals surface area contributed by atoms with E-state index in [1.165, 1.54) is 33.6 Å². The number of piperidine rings is 1. The van der Waals surface area contributed by atoms with Crippen LogP contribution in [0, 0.1) is 12.8 Å². The van der Waals surface area contributed by atoms with Gasteiger partial charge in [0.05, 0.1) is 10.7 Å². The van der Waals surface area contributed by atoms with E-state index >= 15 is 0 Å².